The number of aromatic nitrogens is 5. The summed E-state index contributed by atoms with van der Waals surface area (Å²) in [5.74, 6) is 1.20. The average Bonchev–Trinajstić information content (AvgIpc) is 2.84. The van der Waals surface area contributed by atoms with Crippen molar-refractivity contribution in [3.05, 3.63) is 24.3 Å². The molecule has 0 bridgehead atoms. The molecule has 0 radical (unpaired) electrons. The Morgan fingerprint density at radius 3 is 2.60 bits per heavy atom. The van der Waals surface area contributed by atoms with Crippen molar-refractivity contribution in [3.63, 3.8) is 0 Å². The van der Waals surface area contributed by atoms with Crippen LogP contribution in [0, 0.1) is 0 Å². The van der Waals surface area contributed by atoms with Gasteiger partial charge in [0.05, 0.1) is 6.04 Å². The summed E-state index contributed by atoms with van der Waals surface area (Å²) in [6, 6.07) is 1.14. The summed E-state index contributed by atoms with van der Waals surface area (Å²) < 4.78 is 1.43. The molecule has 0 aliphatic rings. The lowest BCUT2D eigenvalue weighted by atomic mass is 10.3. The summed E-state index contributed by atoms with van der Waals surface area (Å²) in [5, 5.41) is 15.4. The lowest BCUT2D eigenvalue weighted by molar-refractivity contribution is 0.190. The molecule has 2 aromatic rings. The van der Waals surface area contributed by atoms with Crippen LogP contribution in [0.4, 0.5) is 10.7 Å². The van der Waals surface area contributed by atoms with E-state index < -0.39 is 12.1 Å². The molecule has 0 spiro atoms. The molecular weight excluding hydrogens is 262 g/mol. The zero-order valence-electron chi connectivity index (χ0n) is 11.3. The maximum atomic E-state index is 10.8. The first-order valence-electron chi connectivity index (χ1n) is 5.90. The van der Waals surface area contributed by atoms with Gasteiger partial charge in [-0.2, -0.15) is 9.67 Å². The third-order valence-corrected chi connectivity index (χ3v) is 2.49. The minimum atomic E-state index is -1.13. The number of anilines is 1. The molecule has 1 amide bonds. The van der Waals surface area contributed by atoms with Crippen molar-refractivity contribution >= 4 is 12.0 Å². The Bertz CT molecular complexity index is 596. The van der Waals surface area contributed by atoms with E-state index in [1.165, 1.54) is 4.68 Å². The van der Waals surface area contributed by atoms with Crippen LogP contribution in [0.25, 0.3) is 5.95 Å². The number of hydrogen-bond acceptors (Lipinski definition) is 6. The van der Waals surface area contributed by atoms with Crippen molar-refractivity contribution in [1.29, 1.82) is 0 Å². The van der Waals surface area contributed by atoms with Crippen LogP contribution >= 0.6 is 0 Å². The van der Waals surface area contributed by atoms with Crippen LogP contribution < -0.4 is 10.2 Å². The number of nitrogens with zero attached hydrogens (tertiary/aromatic N) is 6. The van der Waals surface area contributed by atoms with Crippen LogP contribution in [0.15, 0.2) is 18.5 Å². The number of carbonyl (C=O) groups is 1. The summed E-state index contributed by atoms with van der Waals surface area (Å²) in [6.45, 7) is 1.68. The Morgan fingerprint density at radius 1 is 1.40 bits per heavy atom. The maximum absolute atomic E-state index is 10.8. The first-order chi connectivity index (χ1) is 9.49. The number of rotatable bonds is 4. The molecule has 2 N–H and O–H groups in total. The SMILES string of the molecule is CC(NC(=O)O)c1nc(N(C)C)nn1-c1ncccn1. The fourth-order valence-corrected chi connectivity index (χ4v) is 1.58. The number of carboxylic acid groups (broad SMARTS) is 1. The second-order valence-corrected chi connectivity index (χ2v) is 4.30. The third kappa shape index (κ3) is 2.82. The summed E-state index contributed by atoms with van der Waals surface area (Å²) in [7, 11) is 3.59. The van der Waals surface area contributed by atoms with Crippen LogP contribution in [-0.2, 0) is 0 Å². The van der Waals surface area contributed by atoms with Crippen LogP contribution in [0.5, 0.6) is 0 Å². The predicted molar refractivity (Wildman–Crippen MR) is 70.9 cm³/mol. The van der Waals surface area contributed by atoms with E-state index in [0.29, 0.717) is 17.7 Å². The van der Waals surface area contributed by atoms with Crippen molar-refractivity contribution in [2.45, 2.75) is 13.0 Å². The fourth-order valence-electron chi connectivity index (χ4n) is 1.58. The zero-order valence-corrected chi connectivity index (χ0v) is 11.3. The van der Waals surface area contributed by atoms with Crippen molar-refractivity contribution in [2.24, 2.45) is 0 Å². The van der Waals surface area contributed by atoms with Gasteiger partial charge in [0.25, 0.3) is 5.95 Å². The van der Waals surface area contributed by atoms with Crippen molar-refractivity contribution < 1.29 is 9.90 Å². The second-order valence-electron chi connectivity index (χ2n) is 4.30. The van der Waals surface area contributed by atoms with E-state index in [9.17, 15) is 4.79 Å². The molecule has 2 heterocycles. The van der Waals surface area contributed by atoms with Crippen LogP contribution in [0.2, 0.25) is 0 Å². The highest BCUT2D eigenvalue weighted by molar-refractivity contribution is 5.65. The first kappa shape index (κ1) is 13.7. The monoisotopic (exact) mass is 277 g/mol. The van der Waals surface area contributed by atoms with Crippen LogP contribution in [0.3, 0.4) is 0 Å². The Balaban J connectivity index is 2.46. The highest BCUT2D eigenvalue weighted by Crippen LogP contribution is 2.16. The third-order valence-electron chi connectivity index (χ3n) is 2.49. The van der Waals surface area contributed by atoms with E-state index in [0.717, 1.165) is 0 Å². The van der Waals surface area contributed by atoms with E-state index in [-0.39, 0.29) is 0 Å². The molecule has 2 aromatic heterocycles. The zero-order chi connectivity index (χ0) is 14.7. The molecule has 0 fully saturated rings. The molecule has 1 unspecified atom stereocenters. The van der Waals surface area contributed by atoms with E-state index in [1.54, 1.807) is 44.4 Å². The van der Waals surface area contributed by atoms with Crippen LogP contribution in [-0.4, -0.2) is 50.0 Å². The Kier molecular flexibility index (Phi) is 3.78. The molecule has 2 rings (SSSR count). The minimum Gasteiger partial charge on any atom is -0.465 e. The second kappa shape index (κ2) is 5.51. The van der Waals surface area contributed by atoms with Gasteiger partial charge in [-0.3, -0.25) is 0 Å². The molecule has 1 atom stereocenters. The summed E-state index contributed by atoms with van der Waals surface area (Å²) in [5.41, 5.74) is 0. The molecule has 9 heteroatoms. The summed E-state index contributed by atoms with van der Waals surface area (Å²) in [4.78, 5) is 25.0. The van der Waals surface area contributed by atoms with Gasteiger partial charge in [0.1, 0.15) is 0 Å². The van der Waals surface area contributed by atoms with Gasteiger partial charge >= 0.3 is 6.09 Å². The largest absolute Gasteiger partial charge is 0.465 e. The van der Waals surface area contributed by atoms with E-state index in [4.69, 9.17) is 5.11 Å². The normalized spacial score (nSPS) is 11.9. The van der Waals surface area contributed by atoms with Crippen LogP contribution in [0.1, 0.15) is 18.8 Å². The minimum absolute atomic E-state index is 0.335. The Hall–Kier alpha value is -2.71. The predicted octanol–water partition coefficient (Wildman–Crippen LogP) is 0.452. The van der Waals surface area contributed by atoms with Crippen molar-refractivity contribution in [3.8, 4) is 5.95 Å². The molecule has 0 aromatic carbocycles. The van der Waals surface area contributed by atoms with Gasteiger partial charge < -0.3 is 15.3 Å². The van der Waals surface area contributed by atoms with E-state index in [2.05, 4.69) is 25.4 Å². The van der Waals surface area contributed by atoms with Gasteiger partial charge in [-0.15, -0.1) is 5.10 Å². The van der Waals surface area contributed by atoms with Crippen molar-refractivity contribution in [2.75, 3.05) is 19.0 Å². The molecule has 0 aliphatic carbocycles. The average molecular weight is 277 g/mol. The highest BCUT2D eigenvalue weighted by atomic mass is 16.4. The van der Waals surface area contributed by atoms with Gasteiger partial charge in [-0.05, 0) is 13.0 Å². The fraction of sp³-hybridized carbons (Fsp3) is 0.364. The van der Waals surface area contributed by atoms with Gasteiger partial charge in [0.15, 0.2) is 5.82 Å². The Labute approximate surface area is 115 Å². The number of amides is 1. The standard InChI is InChI=1S/C11H15N7O2/c1-7(14-11(19)20)8-15-10(17(2)3)16-18(8)9-12-5-4-6-13-9/h4-7,14H,1-3H3,(H,19,20). The highest BCUT2D eigenvalue weighted by Gasteiger charge is 2.21. The lowest BCUT2D eigenvalue weighted by Gasteiger charge is -2.10. The van der Waals surface area contributed by atoms with Gasteiger partial charge in [0, 0.05) is 26.5 Å². The molecular formula is C11H15N7O2. The molecule has 0 aliphatic heterocycles. The van der Waals surface area contributed by atoms with Gasteiger partial charge in [-0.25, -0.2) is 14.8 Å². The van der Waals surface area contributed by atoms with E-state index in [1.807, 2.05) is 0 Å². The first-order valence-corrected chi connectivity index (χ1v) is 5.90. The van der Waals surface area contributed by atoms with Gasteiger partial charge in [-0.1, -0.05) is 0 Å². The molecule has 0 saturated carbocycles. The lowest BCUT2D eigenvalue weighted by Crippen LogP contribution is -2.27. The summed E-state index contributed by atoms with van der Waals surface area (Å²) in [6.07, 6.45) is 2.03. The quantitative estimate of drug-likeness (QED) is 0.835. The molecule has 9 nitrogen and oxygen atoms in total. The molecule has 106 valence electrons. The number of nitrogens with one attached hydrogen (secondary N) is 1. The maximum Gasteiger partial charge on any atom is 0.405 e. The molecule has 0 saturated heterocycles. The smallest absolute Gasteiger partial charge is 0.405 e. The summed E-state index contributed by atoms with van der Waals surface area (Å²) >= 11 is 0. The van der Waals surface area contributed by atoms with Crippen molar-refractivity contribution in [1.82, 2.24) is 30.0 Å². The number of hydrogen-bond donors (Lipinski definition) is 2. The Morgan fingerprint density at radius 2 is 2.05 bits per heavy atom. The van der Waals surface area contributed by atoms with E-state index >= 15 is 0 Å². The molecule has 20 heavy (non-hydrogen) atoms. The van der Waals surface area contributed by atoms with Gasteiger partial charge in [0.2, 0.25) is 5.95 Å². The topological polar surface area (TPSA) is 109 Å².